The van der Waals surface area contributed by atoms with E-state index in [1.165, 1.54) is 0 Å². The van der Waals surface area contributed by atoms with Gasteiger partial charge in [0.1, 0.15) is 5.60 Å². The Morgan fingerprint density at radius 3 is 2.56 bits per heavy atom. The van der Waals surface area contributed by atoms with Crippen molar-refractivity contribution >= 4 is 12.0 Å². The standard InChI is InChI=1S/C30H42N4O5/c1-30(2,3)39-29(38)32-26-18-31-13-14-34(26)19-23(35)16-22(15-20-9-5-4-6-10-20)28(37)33-27-24-12-8-7-11-21(24)17-25(27)36/h4-12,22-23,25-27,31,35-36H,13-19H2,1-3H3,(H,32,38)(H,33,37)/t22-,23+,25-,26+,27+/m1/s1. The number of fused-ring (bicyclic) bond motifs is 1. The highest BCUT2D eigenvalue weighted by Gasteiger charge is 2.35. The maximum Gasteiger partial charge on any atom is 0.408 e. The van der Waals surface area contributed by atoms with Crippen LogP contribution < -0.4 is 16.0 Å². The second kappa shape index (κ2) is 12.9. The monoisotopic (exact) mass is 538 g/mol. The average Bonchev–Trinajstić information content (AvgIpc) is 3.19. The van der Waals surface area contributed by atoms with Crippen molar-refractivity contribution in [3.63, 3.8) is 0 Å². The minimum Gasteiger partial charge on any atom is -0.444 e. The maximum atomic E-state index is 13.6. The number of β-amino-alcohol motifs (C(OH)–C–C–N with tert-alkyl or cyclic N) is 1. The fourth-order valence-corrected chi connectivity index (χ4v) is 5.43. The zero-order valence-corrected chi connectivity index (χ0v) is 23.1. The van der Waals surface area contributed by atoms with Gasteiger partial charge in [0.15, 0.2) is 0 Å². The summed E-state index contributed by atoms with van der Waals surface area (Å²) in [7, 11) is 0. The van der Waals surface area contributed by atoms with E-state index < -0.39 is 35.9 Å². The molecule has 4 rings (SSSR count). The smallest absolute Gasteiger partial charge is 0.408 e. The zero-order valence-electron chi connectivity index (χ0n) is 23.1. The van der Waals surface area contributed by atoms with Crippen molar-refractivity contribution in [2.24, 2.45) is 5.92 Å². The molecule has 1 aliphatic carbocycles. The van der Waals surface area contributed by atoms with Crippen LogP contribution in [0, 0.1) is 5.92 Å². The fraction of sp³-hybridized carbons (Fsp3) is 0.533. The second-order valence-corrected chi connectivity index (χ2v) is 11.6. The molecule has 0 bridgehead atoms. The highest BCUT2D eigenvalue weighted by Crippen LogP contribution is 2.32. The Morgan fingerprint density at radius 1 is 1.10 bits per heavy atom. The first kappa shape index (κ1) is 29.0. The molecule has 5 atom stereocenters. The van der Waals surface area contributed by atoms with Gasteiger partial charge in [0.25, 0.3) is 0 Å². The number of piperazine rings is 1. The molecule has 2 aromatic carbocycles. The van der Waals surface area contributed by atoms with E-state index in [-0.39, 0.29) is 18.5 Å². The molecule has 0 radical (unpaired) electrons. The van der Waals surface area contributed by atoms with Crippen LogP contribution in [0.25, 0.3) is 0 Å². The summed E-state index contributed by atoms with van der Waals surface area (Å²) in [5.41, 5.74) is 2.37. The Labute approximate surface area is 230 Å². The van der Waals surface area contributed by atoms with Gasteiger partial charge in [0, 0.05) is 38.5 Å². The summed E-state index contributed by atoms with van der Waals surface area (Å²) in [6.07, 6.45) is -1.12. The van der Waals surface area contributed by atoms with Gasteiger partial charge in [-0.2, -0.15) is 0 Å². The number of amides is 2. The summed E-state index contributed by atoms with van der Waals surface area (Å²) < 4.78 is 5.41. The Kier molecular flexibility index (Phi) is 9.61. The van der Waals surface area contributed by atoms with Gasteiger partial charge in [-0.1, -0.05) is 54.6 Å². The van der Waals surface area contributed by atoms with Gasteiger partial charge < -0.3 is 30.9 Å². The lowest BCUT2D eigenvalue weighted by molar-refractivity contribution is -0.127. The van der Waals surface area contributed by atoms with Gasteiger partial charge in [0.05, 0.1) is 24.4 Å². The quantitative estimate of drug-likeness (QED) is 0.331. The number of alkyl carbamates (subject to hydrolysis) is 1. The minimum absolute atomic E-state index is 0.192. The van der Waals surface area contributed by atoms with E-state index in [9.17, 15) is 19.8 Å². The molecule has 0 unspecified atom stereocenters. The van der Waals surface area contributed by atoms with Crippen molar-refractivity contribution in [3.05, 3.63) is 71.3 Å². The average molecular weight is 539 g/mol. The molecule has 1 aliphatic heterocycles. The van der Waals surface area contributed by atoms with Crippen molar-refractivity contribution in [2.75, 3.05) is 26.2 Å². The van der Waals surface area contributed by atoms with Crippen molar-refractivity contribution in [1.82, 2.24) is 20.9 Å². The van der Waals surface area contributed by atoms with E-state index >= 15 is 0 Å². The SMILES string of the molecule is CC(C)(C)OC(=O)N[C@@H]1CNCCN1C[C@@H](O)C[C@@H](Cc1ccccc1)C(=O)N[C@H]1c2ccccc2C[C@H]1O. The van der Waals surface area contributed by atoms with Crippen molar-refractivity contribution in [3.8, 4) is 0 Å². The summed E-state index contributed by atoms with van der Waals surface area (Å²) in [4.78, 5) is 28.0. The molecule has 1 fully saturated rings. The fourth-order valence-electron chi connectivity index (χ4n) is 5.43. The summed E-state index contributed by atoms with van der Waals surface area (Å²) in [6.45, 7) is 7.63. The number of hydrogen-bond donors (Lipinski definition) is 5. The van der Waals surface area contributed by atoms with Gasteiger partial charge in [-0.25, -0.2) is 4.79 Å². The zero-order chi connectivity index (χ0) is 28.0. The van der Waals surface area contributed by atoms with Crippen molar-refractivity contribution in [1.29, 1.82) is 0 Å². The van der Waals surface area contributed by atoms with Crippen LogP contribution in [0.1, 0.15) is 49.9 Å². The summed E-state index contributed by atoms with van der Waals surface area (Å²) in [5, 5.41) is 31.1. The molecule has 1 saturated heterocycles. The lowest BCUT2D eigenvalue weighted by atomic mass is 9.91. The predicted molar refractivity (Wildman–Crippen MR) is 149 cm³/mol. The first-order chi connectivity index (χ1) is 18.6. The lowest BCUT2D eigenvalue weighted by Crippen LogP contribution is -2.61. The normalized spacial score (nSPS) is 22.9. The van der Waals surface area contributed by atoms with E-state index in [1.807, 2.05) is 80.3 Å². The van der Waals surface area contributed by atoms with Crippen molar-refractivity contribution < 1.29 is 24.5 Å². The van der Waals surface area contributed by atoms with Gasteiger partial charge in [0.2, 0.25) is 5.91 Å². The summed E-state index contributed by atoms with van der Waals surface area (Å²) >= 11 is 0. The molecule has 0 saturated carbocycles. The molecule has 0 spiro atoms. The van der Waals surface area contributed by atoms with Crippen LogP contribution in [-0.2, 0) is 22.4 Å². The maximum absolute atomic E-state index is 13.6. The number of ether oxygens (including phenoxy) is 1. The molecule has 9 heteroatoms. The Morgan fingerprint density at radius 2 is 1.82 bits per heavy atom. The molecule has 39 heavy (non-hydrogen) atoms. The lowest BCUT2D eigenvalue weighted by Gasteiger charge is -2.38. The van der Waals surface area contributed by atoms with Gasteiger partial charge >= 0.3 is 6.09 Å². The van der Waals surface area contributed by atoms with Crippen LogP contribution in [0.5, 0.6) is 0 Å². The summed E-state index contributed by atoms with van der Waals surface area (Å²) in [5.74, 6) is -0.690. The predicted octanol–water partition coefficient (Wildman–Crippen LogP) is 2.13. The van der Waals surface area contributed by atoms with E-state index in [1.54, 1.807) is 0 Å². The molecule has 2 aromatic rings. The number of benzene rings is 2. The Balaban J connectivity index is 1.42. The van der Waals surface area contributed by atoms with E-state index in [0.717, 1.165) is 23.2 Å². The molecule has 212 valence electrons. The molecule has 5 N–H and O–H groups in total. The molecular formula is C30H42N4O5. The number of carbonyl (C=O) groups is 2. The van der Waals surface area contributed by atoms with Gasteiger partial charge in [-0.15, -0.1) is 0 Å². The number of carbonyl (C=O) groups excluding carboxylic acids is 2. The Bertz CT molecular complexity index is 1110. The molecule has 2 aliphatic rings. The van der Waals surface area contributed by atoms with Crippen LogP contribution in [-0.4, -0.2) is 77.3 Å². The molecule has 0 aromatic heterocycles. The second-order valence-electron chi connectivity index (χ2n) is 11.6. The third-order valence-corrected chi connectivity index (χ3v) is 7.24. The summed E-state index contributed by atoms with van der Waals surface area (Å²) in [6, 6.07) is 17.1. The van der Waals surface area contributed by atoms with E-state index in [0.29, 0.717) is 32.5 Å². The van der Waals surface area contributed by atoms with Crippen LogP contribution in [0.2, 0.25) is 0 Å². The first-order valence-corrected chi connectivity index (χ1v) is 13.8. The number of nitrogens with zero attached hydrogens (tertiary/aromatic N) is 1. The number of nitrogens with one attached hydrogen (secondary N) is 3. The van der Waals surface area contributed by atoms with Crippen LogP contribution >= 0.6 is 0 Å². The number of rotatable bonds is 9. The topological polar surface area (TPSA) is 123 Å². The largest absolute Gasteiger partial charge is 0.444 e. The van der Waals surface area contributed by atoms with Crippen molar-refractivity contribution in [2.45, 2.75) is 70.1 Å². The van der Waals surface area contributed by atoms with Gasteiger partial charge in [-0.3, -0.25) is 9.69 Å². The van der Waals surface area contributed by atoms with Crippen LogP contribution in [0.3, 0.4) is 0 Å². The number of hydrogen-bond acceptors (Lipinski definition) is 7. The first-order valence-electron chi connectivity index (χ1n) is 13.8. The van der Waals surface area contributed by atoms with Crippen LogP contribution in [0.15, 0.2) is 54.6 Å². The van der Waals surface area contributed by atoms with E-state index in [4.69, 9.17) is 4.74 Å². The molecule has 2 amide bonds. The number of aliphatic hydroxyl groups excluding tert-OH is 2. The molecule has 1 heterocycles. The minimum atomic E-state index is -0.800. The Hall–Kier alpha value is -2.98. The number of aliphatic hydroxyl groups is 2. The van der Waals surface area contributed by atoms with Gasteiger partial charge in [-0.05, 0) is 50.3 Å². The van der Waals surface area contributed by atoms with Crippen LogP contribution in [0.4, 0.5) is 4.79 Å². The highest BCUT2D eigenvalue weighted by atomic mass is 16.6. The third-order valence-electron chi connectivity index (χ3n) is 7.24. The highest BCUT2D eigenvalue weighted by molar-refractivity contribution is 5.80. The molecular weight excluding hydrogens is 496 g/mol. The van der Waals surface area contributed by atoms with E-state index in [2.05, 4.69) is 16.0 Å². The molecule has 9 nitrogen and oxygen atoms in total. The third kappa shape index (κ3) is 8.25.